The van der Waals surface area contributed by atoms with Gasteiger partial charge in [-0.2, -0.15) is 11.8 Å². The molecule has 0 bridgehead atoms. The third kappa shape index (κ3) is 3.64. The fourth-order valence-electron chi connectivity index (χ4n) is 2.00. The molecule has 0 aromatic heterocycles. The molecule has 2 rings (SSSR count). The fraction of sp³-hybridized carbons (Fsp3) is 0.462. The summed E-state index contributed by atoms with van der Waals surface area (Å²) in [5, 5.41) is 0.953. The maximum absolute atomic E-state index is 12.1. The van der Waals surface area contributed by atoms with Gasteiger partial charge < -0.3 is 0 Å². The molecule has 1 aromatic carbocycles. The molecule has 1 nitrogen and oxygen atoms in total. The summed E-state index contributed by atoms with van der Waals surface area (Å²) >= 11 is 13.7. The van der Waals surface area contributed by atoms with Crippen LogP contribution in [0.1, 0.15) is 29.6 Å². The zero-order valence-electron chi connectivity index (χ0n) is 9.42. The van der Waals surface area contributed by atoms with Crippen LogP contribution in [-0.4, -0.2) is 17.3 Å². The molecule has 1 saturated heterocycles. The molecule has 0 unspecified atom stereocenters. The molecule has 1 heterocycles. The van der Waals surface area contributed by atoms with E-state index in [0.29, 0.717) is 27.9 Å². The predicted molar refractivity (Wildman–Crippen MR) is 75.5 cm³/mol. The summed E-state index contributed by atoms with van der Waals surface area (Å²) in [6.07, 6.45) is 2.94. The van der Waals surface area contributed by atoms with E-state index in [9.17, 15) is 4.79 Å². The molecule has 4 heteroatoms. The molecule has 1 aliphatic rings. The maximum atomic E-state index is 12.1. The van der Waals surface area contributed by atoms with Gasteiger partial charge in [0.2, 0.25) is 0 Å². The Balaban J connectivity index is 2.01. The highest BCUT2D eigenvalue weighted by molar-refractivity contribution is 7.99. The summed E-state index contributed by atoms with van der Waals surface area (Å²) in [7, 11) is 0. The Labute approximate surface area is 116 Å². The fourth-order valence-corrected chi connectivity index (χ4v) is 3.50. The summed E-state index contributed by atoms with van der Waals surface area (Å²) in [6.45, 7) is 0. The number of rotatable bonds is 3. The monoisotopic (exact) mass is 288 g/mol. The lowest BCUT2D eigenvalue weighted by Crippen LogP contribution is -2.14. The largest absolute Gasteiger partial charge is 0.294 e. The molecule has 0 radical (unpaired) electrons. The SMILES string of the molecule is O=C(CC1CCSCC1)c1ccc(Cl)c(Cl)c1. The summed E-state index contributed by atoms with van der Waals surface area (Å²) in [6, 6.07) is 5.12. The van der Waals surface area contributed by atoms with Gasteiger partial charge in [0.15, 0.2) is 5.78 Å². The molecule has 0 amide bonds. The van der Waals surface area contributed by atoms with E-state index in [1.54, 1.807) is 18.2 Å². The number of ketones is 1. The van der Waals surface area contributed by atoms with Crippen molar-refractivity contribution in [2.75, 3.05) is 11.5 Å². The molecule has 0 atom stereocenters. The van der Waals surface area contributed by atoms with E-state index in [-0.39, 0.29) is 5.78 Å². The molecule has 0 aliphatic carbocycles. The second kappa shape index (κ2) is 6.12. The molecule has 1 aromatic rings. The first-order valence-electron chi connectivity index (χ1n) is 5.73. The van der Waals surface area contributed by atoms with E-state index in [1.807, 2.05) is 11.8 Å². The lowest BCUT2D eigenvalue weighted by atomic mass is 9.93. The lowest BCUT2D eigenvalue weighted by molar-refractivity contribution is 0.0958. The number of benzene rings is 1. The van der Waals surface area contributed by atoms with E-state index < -0.39 is 0 Å². The molecular formula is C13H14Cl2OS. The first-order valence-corrected chi connectivity index (χ1v) is 7.64. The molecule has 92 valence electrons. The number of carbonyl (C=O) groups is 1. The van der Waals surface area contributed by atoms with E-state index in [1.165, 1.54) is 11.5 Å². The lowest BCUT2D eigenvalue weighted by Gasteiger charge is -2.20. The Morgan fingerprint density at radius 3 is 2.59 bits per heavy atom. The average Bonchev–Trinajstić information content (AvgIpc) is 2.34. The Morgan fingerprint density at radius 2 is 1.94 bits per heavy atom. The molecule has 1 fully saturated rings. The quantitative estimate of drug-likeness (QED) is 0.750. The van der Waals surface area contributed by atoms with Crippen molar-refractivity contribution in [1.29, 1.82) is 0 Å². The smallest absolute Gasteiger partial charge is 0.163 e. The van der Waals surface area contributed by atoms with Crippen molar-refractivity contribution in [1.82, 2.24) is 0 Å². The van der Waals surface area contributed by atoms with Crippen molar-refractivity contribution in [3.05, 3.63) is 33.8 Å². The molecule has 0 saturated carbocycles. The zero-order chi connectivity index (χ0) is 12.3. The van der Waals surface area contributed by atoms with Crippen LogP contribution in [0.5, 0.6) is 0 Å². The predicted octanol–water partition coefficient (Wildman–Crippen LogP) is 4.71. The van der Waals surface area contributed by atoms with Crippen molar-refractivity contribution in [3.8, 4) is 0 Å². The first kappa shape index (κ1) is 13.3. The van der Waals surface area contributed by atoms with Gasteiger partial charge in [0.25, 0.3) is 0 Å². The minimum atomic E-state index is 0.181. The van der Waals surface area contributed by atoms with Crippen LogP contribution in [0, 0.1) is 5.92 Å². The normalized spacial score (nSPS) is 17.1. The number of hydrogen-bond donors (Lipinski definition) is 0. The second-order valence-electron chi connectivity index (χ2n) is 4.31. The highest BCUT2D eigenvalue weighted by Gasteiger charge is 2.18. The summed E-state index contributed by atoms with van der Waals surface area (Å²) in [5.74, 6) is 3.08. The van der Waals surface area contributed by atoms with Crippen molar-refractivity contribution < 1.29 is 4.79 Å². The molecular weight excluding hydrogens is 275 g/mol. The Kier molecular flexibility index (Phi) is 4.78. The highest BCUT2D eigenvalue weighted by atomic mass is 35.5. The topological polar surface area (TPSA) is 17.1 Å². The summed E-state index contributed by atoms with van der Waals surface area (Å²) in [5.41, 5.74) is 0.678. The minimum absolute atomic E-state index is 0.181. The molecule has 0 N–H and O–H groups in total. The highest BCUT2D eigenvalue weighted by Crippen LogP contribution is 2.28. The van der Waals surface area contributed by atoms with Gasteiger partial charge in [0.05, 0.1) is 10.0 Å². The zero-order valence-corrected chi connectivity index (χ0v) is 11.7. The van der Waals surface area contributed by atoms with Gasteiger partial charge in [0.1, 0.15) is 0 Å². The van der Waals surface area contributed by atoms with Gasteiger partial charge in [-0.1, -0.05) is 23.2 Å². The van der Waals surface area contributed by atoms with Crippen LogP contribution in [0.3, 0.4) is 0 Å². The summed E-state index contributed by atoms with van der Waals surface area (Å²) in [4.78, 5) is 12.1. The Morgan fingerprint density at radius 1 is 1.24 bits per heavy atom. The van der Waals surface area contributed by atoms with Gasteiger partial charge in [-0.25, -0.2) is 0 Å². The number of hydrogen-bond acceptors (Lipinski definition) is 2. The van der Waals surface area contributed by atoms with Crippen molar-refractivity contribution >= 4 is 40.7 Å². The van der Waals surface area contributed by atoms with Crippen LogP contribution < -0.4 is 0 Å². The van der Waals surface area contributed by atoms with Gasteiger partial charge in [-0.15, -0.1) is 0 Å². The van der Waals surface area contributed by atoms with Crippen LogP contribution in [0.15, 0.2) is 18.2 Å². The molecule has 0 spiro atoms. The number of Topliss-reactive ketones (excluding diaryl/α,β-unsaturated/α-hetero) is 1. The molecule has 1 aliphatic heterocycles. The van der Waals surface area contributed by atoms with E-state index >= 15 is 0 Å². The maximum Gasteiger partial charge on any atom is 0.163 e. The van der Waals surface area contributed by atoms with Crippen molar-refractivity contribution in [2.45, 2.75) is 19.3 Å². The van der Waals surface area contributed by atoms with Crippen LogP contribution >= 0.6 is 35.0 Å². The Bertz CT molecular complexity index is 414. The average molecular weight is 289 g/mol. The molecule has 17 heavy (non-hydrogen) atoms. The van der Waals surface area contributed by atoms with Crippen LogP contribution in [0.25, 0.3) is 0 Å². The third-order valence-electron chi connectivity index (χ3n) is 3.06. The van der Waals surface area contributed by atoms with Crippen molar-refractivity contribution in [3.63, 3.8) is 0 Å². The standard InChI is InChI=1S/C13H14Cl2OS/c14-11-2-1-10(8-12(11)15)13(16)7-9-3-5-17-6-4-9/h1-2,8-9H,3-7H2. The van der Waals surface area contributed by atoms with E-state index in [0.717, 1.165) is 12.8 Å². The van der Waals surface area contributed by atoms with Gasteiger partial charge in [-0.05, 0) is 48.5 Å². The number of thioether (sulfide) groups is 1. The number of halogens is 2. The van der Waals surface area contributed by atoms with Crippen LogP contribution in [-0.2, 0) is 0 Å². The minimum Gasteiger partial charge on any atom is -0.294 e. The summed E-state index contributed by atoms with van der Waals surface area (Å²) < 4.78 is 0. The van der Waals surface area contributed by atoms with Crippen molar-refractivity contribution in [2.24, 2.45) is 5.92 Å². The second-order valence-corrected chi connectivity index (χ2v) is 6.35. The van der Waals surface area contributed by atoms with Crippen LogP contribution in [0.4, 0.5) is 0 Å². The van der Waals surface area contributed by atoms with Crippen LogP contribution in [0.2, 0.25) is 10.0 Å². The van der Waals surface area contributed by atoms with Gasteiger partial charge in [0, 0.05) is 12.0 Å². The van der Waals surface area contributed by atoms with Gasteiger partial charge >= 0.3 is 0 Å². The van der Waals surface area contributed by atoms with Gasteiger partial charge in [-0.3, -0.25) is 4.79 Å². The Hall–Kier alpha value is -0.180. The third-order valence-corrected chi connectivity index (χ3v) is 4.84. The number of carbonyl (C=O) groups excluding carboxylic acids is 1. The van der Waals surface area contributed by atoms with E-state index in [2.05, 4.69) is 0 Å². The van der Waals surface area contributed by atoms with E-state index in [4.69, 9.17) is 23.2 Å². The first-order chi connectivity index (χ1) is 8.16.